The molecule has 0 aliphatic heterocycles. The first kappa shape index (κ1) is 16.0. The number of rotatable bonds is 4. The topological polar surface area (TPSA) is 92.1 Å². The maximum absolute atomic E-state index is 11.8. The van der Waals surface area contributed by atoms with Gasteiger partial charge in [-0.1, -0.05) is 20.8 Å². The van der Waals surface area contributed by atoms with Gasteiger partial charge in [-0.05, 0) is 29.7 Å². The van der Waals surface area contributed by atoms with Gasteiger partial charge in [-0.15, -0.1) is 0 Å². The van der Waals surface area contributed by atoms with Crippen LogP contribution in [-0.2, 0) is 0 Å². The molecule has 0 saturated carbocycles. The zero-order chi connectivity index (χ0) is 16.2. The first-order chi connectivity index (χ1) is 10.4. The van der Waals surface area contributed by atoms with Crippen molar-refractivity contribution in [2.24, 2.45) is 5.41 Å². The Morgan fingerprint density at radius 2 is 1.82 bits per heavy atom. The van der Waals surface area contributed by atoms with Crippen molar-refractivity contribution in [3.63, 3.8) is 0 Å². The number of benzene rings is 1. The summed E-state index contributed by atoms with van der Waals surface area (Å²) in [4.78, 5) is 13.3. The van der Waals surface area contributed by atoms with Gasteiger partial charge < -0.3 is 15.7 Å². The van der Waals surface area contributed by atoms with Gasteiger partial charge in [0.15, 0.2) is 0 Å². The molecular formula is C15H21N5O2. The van der Waals surface area contributed by atoms with Crippen molar-refractivity contribution >= 4 is 11.7 Å². The largest absolute Gasteiger partial charge is 0.391 e. The van der Waals surface area contributed by atoms with Crippen LogP contribution in [0.1, 0.15) is 20.8 Å². The Bertz CT molecular complexity index is 602. The average Bonchev–Trinajstić information content (AvgIpc) is 2.98. The van der Waals surface area contributed by atoms with E-state index in [-0.39, 0.29) is 18.0 Å². The van der Waals surface area contributed by atoms with Gasteiger partial charge in [0.25, 0.3) is 0 Å². The molecule has 1 heterocycles. The highest BCUT2D eigenvalue weighted by Crippen LogP contribution is 2.18. The average molecular weight is 303 g/mol. The molecule has 0 fully saturated rings. The Hall–Kier alpha value is -2.41. The minimum Gasteiger partial charge on any atom is -0.391 e. The van der Waals surface area contributed by atoms with Crippen LogP contribution < -0.4 is 10.6 Å². The molecule has 2 rings (SSSR count). The smallest absolute Gasteiger partial charge is 0.319 e. The normalized spacial score (nSPS) is 12.7. The Labute approximate surface area is 129 Å². The van der Waals surface area contributed by atoms with E-state index in [1.165, 1.54) is 4.80 Å². The van der Waals surface area contributed by atoms with Gasteiger partial charge >= 0.3 is 6.03 Å². The Balaban J connectivity index is 1.87. The zero-order valence-corrected chi connectivity index (χ0v) is 12.9. The monoisotopic (exact) mass is 303 g/mol. The number of aliphatic hydroxyl groups is 1. The number of nitrogens with zero attached hydrogens (tertiary/aromatic N) is 3. The molecule has 22 heavy (non-hydrogen) atoms. The standard InChI is InChI=1S/C15H21N5O2/c1-15(2,3)13(21)10-16-14(22)19-11-4-6-12(7-5-11)20-17-8-9-18-20/h4-9,13,21H,10H2,1-3H3,(H2,16,19,22). The van der Waals surface area contributed by atoms with E-state index in [1.54, 1.807) is 36.7 Å². The Morgan fingerprint density at radius 1 is 1.23 bits per heavy atom. The Kier molecular flexibility index (Phi) is 4.77. The lowest BCUT2D eigenvalue weighted by molar-refractivity contribution is 0.0654. The maximum Gasteiger partial charge on any atom is 0.319 e. The van der Waals surface area contributed by atoms with E-state index in [0.29, 0.717) is 5.69 Å². The van der Waals surface area contributed by atoms with E-state index < -0.39 is 6.10 Å². The van der Waals surface area contributed by atoms with Crippen molar-refractivity contribution < 1.29 is 9.90 Å². The van der Waals surface area contributed by atoms with Crippen LogP contribution in [0.2, 0.25) is 0 Å². The molecule has 0 aliphatic carbocycles. The molecule has 7 heteroatoms. The predicted octanol–water partition coefficient (Wildman–Crippen LogP) is 1.80. The third kappa shape index (κ3) is 4.29. The first-order valence-corrected chi connectivity index (χ1v) is 7.06. The second-order valence-corrected chi connectivity index (χ2v) is 6.08. The van der Waals surface area contributed by atoms with E-state index in [0.717, 1.165) is 5.69 Å². The van der Waals surface area contributed by atoms with Crippen molar-refractivity contribution in [3.05, 3.63) is 36.7 Å². The summed E-state index contributed by atoms with van der Waals surface area (Å²) in [7, 11) is 0. The molecule has 1 aromatic heterocycles. The quantitative estimate of drug-likeness (QED) is 0.803. The minimum atomic E-state index is -0.605. The SMILES string of the molecule is CC(C)(C)C(O)CNC(=O)Nc1ccc(-n2nccn2)cc1. The van der Waals surface area contributed by atoms with Crippen molar-refractivity contribution in [3.8, 4) is 5.69 Å². The number of urea groups is 1. The van der Waals surface area contributed by atoms with Crippen LogP contribution in [-0.4, -0.2) is 38.8 Å². The summed E-state index contributed by atoms with van der Waals surface area (Å²) in [6.07, 6.45) is 2.59. The fraction of sp³-hybridized carbons (Fsp3) is 0.400. The molecule has 0 aliphatic rings. The highest BCUT2D eigenvalue weighted by Gasteiger charge is 2.22. The van der Waals surface area contributed by atoms with Gasteiger partial charge in [-0.3, -0.25) is 0 Å². The van der Waals surface area contributed by atoms with Crippen molar-refractivity contribution in [1.82, 2.24) is 20.3 Å². The molecule has 0 saturated heterocycles. The molecule has 0 bridgehead atoms. The van der Waals surface area contributed by atoms with Gasteiger partial charge in [0, 0.05) is 12.2 Å². The van der Waals surface area contributed by atoms with Crippen molar-refractivity contribution in [1.29, 1.82) is 0 Å². The minimum absolute atomic E-state index is 0.199. The third-order valence-corrected chi connectivity index (χ3v) is 3.23. The fourth-order valence-corrected chi connectivity index (χ4v) is 1.70. The van der Waals surface area contributed by atoms with Gasteiger partial charge in [-0.25, -0.2) is 4.79 Å². The molecular weight excluding hydrogens is 282 g/mol. The highest BCUT2D eigenvalue weighted by molar-refractivity contribution is 5.89. The molecule has 0 spiro atoms. The van der Waals surface area contributed by atoms with Crippen LogP contribution in [0.25, 0.3) is 5.69 Å². The van der Waals surface area contributed by atoms with E-state index in [1.807, 2.05) is 20.8 Å². The second-order valence-electron chi connectivity index (χ2n) is 6.08. The highest BCUT2D eigenvalue weighted by atomic mass is 16.3. The number of carbonyl (C=O) groups is 1. The lowest BCUT2D eigenvalue weighted by Gasteiger charge is -2.25. The predicted molar refractivity (Wildman–Crippen MR) is 83.8 cm³/mol. The van der Waals surface area contributed by atoms with Crippen LogP contribution in [0.3, 0.4) is 0 Å². The van der Waals surface area contributed by atoms with Crippen LogP contribution in [0, 0.1) is 5.41 Å². The fourth-order valence-electron chi connectivity index (χ4n) is 1.70. The van der Waals surface area contributed by atoms with Gasteiger partial charge in [0.2, 0.25) is 0 Å². The number of carbonyl (C=O) groups excluding carboxylic acids is 1. The zero-order valence-electron chi connectivity index (χ0n) is 12.9. The number of amides is 2. The number of aromatic nitrogens is 3. The van der Waals surface area contributed by atoms with Crippen LogP contribution in [0.4, 0.5) is 10.5 Å². The Morgan fingerprint density at radius 3 is 2.36 bits per heavy atom. The molecule has 1 atom stereocenters. The molecule has 3 N–H and O–H groups in total. The summed E-state index contributed by atoms with van der Waals surface area (Å²) >= 11 is 0. The van der Waals surface area contributed by atoms with E-state index in [4.69, 9.17) is 0 Å². The van der Waals surface area contributed by atoms with E-state index in [2.05, 4.69) is 20.8 Å². The van der Waals surface area contributed by atoms with Crippen LogP contribution in [0.5, 0.6) is 0 Å². The summed E-state index contributed by atoms with van der Waals surface area (Å²) in [6, 6.07) is 6.78. The van der Waals surface area contributed by atoms with Gasteiger partial charge in [0.05, 0.1) is 24.2 Å². The number of nitrogens with one attached hydrogen (secondary N) is 2. The number of hydrogen-bond acceptors (Lipinski definition) is 4. The summed E-state index contributed by atoms with van der Waals surface area (Å²) in [5.41, 5.74) is 1.18. The number of anilines is 1. The van der Waals surface area contributed by atoms with Crippen LogP contribution in [0.15, 0.2) is 36.7 Å². The molecule has 1 aromatic carbocycles. The van der Waals surface area contributed by atoms with Gasteiger partial charge in [-0.2, -0.15) is 15.0 Å². The number of hydrogen-bond donors (Lipinski definition) is 3. The second kappa shape index (κ2) is 6.57. The van der Waals surface area contributed by atoms with E-state index in [9.17, 15) is 9.90 Å². The summed E-state index contributed by atoms with van der Waals surface area (Å²) in [6.45, 7) is 5.95. The van der Waals surface area contributed by atoms with Crippen LogP contribution >= 0.6 is 0 Å². The van der Waals surface area contributed by atoms with Gasteiger partial charge in [0.1, 0.15) is 0 Å². The molecule has 1 unspecified atom stereocenters. The van der Waals surface area contributed by atoms with E-state index >= 15 is 0 Å². The number of aliphatic hydroxyl groups excluding tert-OH is 1. The van der Waals surface area contributed by atoms with Crippen molar-refractivity contribution in [2.45, 2.75) is 26.9 Å². The first-order valence-electron chi connectivity index (χ1n) is 7.06. The third-order valence-electron chi connectivity index (χ3n) is 3.23. The summed E-state index contributed by atoms with van der Waals surface area (Å²) in [5, 5.41) is 23.3. The lowest BCUT2D eigenvalue weighted by Crippen LogP contribution is -2.40. The molecule has 0 radical (unpaired) electrons. The van der Waals surface area contributed by atoms with Crippen molar-refractivity contribution in [2.75, 3.05) is 11.9 Å². The molecule has 7 nitrogen and oxygen atoms in total. The molecule has 118 valence electrons. The molecule has 2 amide bonds. The maximum atomic E-state index is 11.8. The lowest BCUT2D eigenvalue weighted by atomic mass is 9.89. The summed E-state index contributed by atoms with van der Waals surface area (Å²) < 4.78 is 0. The molecule has 2 aromatic rings. The summed E-state index contributed by atoms with van der Waals surface area (Å²) in [5.74, 6) is 0.